The summed E-state index contributed by atoms with van der Waals surface area (Å²) in [5.41, 5.74) is 2.32. The van der Waals surface area contributed by atoms with E-state index in [1.165, 1.54) is 5.56 Å². The number of halogens is 1. The highest BCUT2D eigenvalue weighted by molar-refractivity contribution is 14.0. The molecule has 3 heterocycles. The number of ether oxygens (including phenoxy) is 1. The molecule has 2 unspecified atom stereocenters. The molecule has 0 saturated carbocycles. The minimum atomic E-state index is 0. The van der Waals surface area contributed by atoms with E-state index in [1.807, 2.05) is 6.07 Å². The molecule has 2 aliphatic rings. The first-order chi connectivity index (χ1) is 14.6. The average Bonchev–Trinajstić information content (AvgIpc) is 3.40. The molecule has 1 N–H and O–H groups in total. The lowest BCUT2D eigenvalue weighted by Gasteiger charge is -2.36. The van der Waals surface area contributed by atoms with Crippen LogP contribution in [0.5, 0.6) is 0 Å². The zero-order chi connectivity index (χ0) is 20.9. The van der Waals surface area contributed by atoms with E-state index in [-0.39, 0.29) is 30.1 Å². The minimum Gasteiger partial charge on any atom is -0.373 e. The van der Waals surface area contributed by atoms with Crippen LogP contribution in [0.3, 0.4) is 0 Å². The van der Waals surface area contributed by atoms with Crippen molar-refractivity contribution in [3.63, 3.8) is 0 Å². The maximum atomic E-state index is 6.13. The molecule has 2 atom stereocenters. The lowest BCUT2D eigenvalue weighted by Crippen LogP contribution is -2.50. The Morgan fingerprint density at radius 2 is 2.06 bits per heavy atom. The van der Waals surface area contributed by atoms with Crippen molar-refractivity contribution >= 4 is 29.9 Å². The summed E-state index contributed by atoms with van der Waals surface area (Å²) in [6.07, 6.45) is 0.212. The number of hydrogen-bond donors (Lipinski definition) is 1. The molecule has 0 bridgehead atoms. The second-order valence-electron chi connectivity index (χ2n) is 8.38. The van der Waals surface area contributed by atoms with Gasteiger partial charge < -0.3 is 19.5 Å². The summed E-state index contributed by atoms with van der Waals surface area (Å²) >= 11 is 0. The van der Waals surface area contributed by atoms with Crippen molar-refractivity contribution in [1.29, 1.82) is 0 Å². The van der Waals surface area contributed by atoms with Gasteiger partial charge in [-0.2, -0.15) is 0 Å². The van der Waals surface area contributed by atoms with Crippen molar-refractivity contribution in [2.24, 2.45) is 4.99 Å². The number of nitrogens with zero attached hydrogens (tertiary/aromatic N) is 4. The van der Waals surface area contributed by atoms with E-state index >= 15 is 0 Å². The number of rotatable bonds is 6. The van der Waals surface area contributed by atoms with Crippen LogP contribution >= 0.6 is 24.0 Å². The molecule has 31 heavy (non-hydrogen) atoms. The highest BCUT2D eigenvalue weighted by Crippen LogP contribution is 2.25. The molecule has 7 nitrogen and oxygen atoms in total. The summed E-state index contributed by atoms with van der Waals surface area (Å²) in [5, 5.41) is 7.58. The Hall–Kier alpha value is -1.65. The molecule has 0 radical (unpaired) electrons. The molecule has 1 aromatic heterocycles. The Labute approximate surface area is 202 Å². The number of likely N-dealkylation sites (tertiary alicyclic amines) is 1. The molecule has 1 aromatic carbocycles. The van der Waals surface area contributed by atoms with Gasteiger partial charge in [0.1, 0.15) is 6.54 Å². The maximum absolute atomic E-state index is 6.13. The van der Waals surface area contributed by atoms with Crippen molar-refractivity contribution in [3.8, 4) is 0 Å². The van der Waals surface area contributed by atoms with Crippen LogP contribution in [0.1, 0.15) is 43.7 Å². The van der Waals surface area contributed by atoms with Gasteiger partial charge >= 0.3 is 0 Å². The third-order valence-corrected chi connectivity index (χ3v) is 5.83. The number of aromatic nitrogens is 1. The van der Waals surface area contributed by atoms with E-state index in [0.29, 0.717) is 18.5 Å². The first-order valence-corrected chi connectivity index (χ1v) is 11.0. The lowest BCUT2D eigenvalue weighted by molar-refractivity contribution is -0.0502. The minimum absolute atomic E-state index is 0. The largest absolute Gasteiger partial charge is 0.373 e. The number of fused-ring (bicyclic) bond motifs is 1. The Kier molecular flexibility index (Phi) is 8.74. The zero-order valence-corrected chi connectivity index (χ0v) is 21.0. The summed E-state index contributed by atoms with van der Waals surface area (Å²) in [4.78, 5) is 9.70. The highest BCUT2D eigenvalue weighted by Gasteiger charge is 2.41. The molecule has 4 rings (SSSR count). The molecule has 2 aliphatic heterocycles. The van der Waals surface area contributed by atoms with Gasteiger partial charge in [0, 0.05) is 38.8 Å². The number of hydrogen-bond acceptors (Lipinski definition) is 5. The zero-order valence-electron chi connectivity index (χ0n) is 18.7. The third-order valence-electron chi connectivity index (χ3n) is 5.83. The quantitative estimate of drug-likeness (QED) is 0.345. The van der Waals surface area contributed by atoms with Crippen molar-refractivity contribution in [2.75, 3.05) is 32.8 Å². The third kappa shape index (κ3) is 5.98. The molecule has 0 aliphatic carbocycles. The van der Waals surface area contributed by atoms with Crippen LogP contribution in [0.4, 0.5) is 0 Å². The lowest BCUT2D eigenvalue weighted by atomic mass is 10.1. The first kappa shape index (κ1) is 24.0. The molecule has 2 aromatic rings. The van der Waals surface area contributed by atoms with E-state index in [0.717, 1.165) is 56.7 Å². The SMILES string of the molecule is CCNC(=NCc1cc(C(C)C)no1)N1CC2OCCN(Cc3ccccc3)C2C1.I. The molecular formula is C23H34IN5O2. The summed E-state index contributed by atoms with van der Waals surface area (Å²) < 4.78 is 11.6. The topological polar surface area (TPSA) is 66.1 Å². The van der Waals surface area contributed by atoms with E-state index < -0.39 is 0 Å². The smallest absolute Gasteiger partial charge is 0.194 e. The Balaban J connectivity index is 0.00000272. The van der Waals surface area contributed by atoms with Crippen LogP contribution in [0, 0.1) is 0 Å². The second kappa shape index (κ2) is 11.3. The fourth-order valence-electron chi connectivity index (χ4n) is 4.20. The monoisotopic (exact) mass is 539 g/mol. The van der Waals surface area contributed by atoms with E-state index in [4.69, 9.17) is 14.3 Å². The molecule has 170 valence electrons. The molecule has 8 heteroatoms. The van der Waals surface area contributed by atoms with Crippen LogP contribution < -0.4 is 5.32 Å². The van der Waals surface area contributed by atoms with Gasteiger partial charge in [-0.1, -0.05) is 49.3 Å². The molecule has 0 amide bonds. The summed E-state index contributed by atoms with van der Waals surface area (Å²) in [6.45, 7) is 12.1. The van der Waals surface area contributed by atoms with Gasteiger partial charge in [-0.3, -0.25) is 4.90 Å². The molecular weight excluding hydrogens is 505 g/mol. The average molecular weight is 539 g/mol. The second-order valence-corrected chi connectivity index (χ2v) is 8.38. The van der Waals surface area contributed by atoms with Crippen molar-refractivity contribution < 1.29 is 9.26 Å². The van der Waals surface area contributed by atoms with Gasteiger partial charge in [-0.25, -0.2) is 4.99 Å². The summed E-state index contributed by atoms with van der Waals surface area (Å²) in [5.74, 6) is 2.07. The van der Waals surface area contributed by atoms with Gasteiger partial charge in [-0.15, -0.1) is 24.0 Å². The predicted molar refractivity (Wildman–Crippen MR) is 133 cm³/mol. The Bertz CT molecular complexity index is 842. The Morgan fingerprint density at radius 1 is 1.26 bits per heavy atom. The fraction of sp³-hybridized carbons (Fsp3) is 0.565. The molecule has 2 fully saturated rings. The standard InChI is InChI=1S/C23H33N5O2.HI/c1-4-24-23(25-13-19-12-20(17(2)3)26-30-19)28-15-21-22(16-28)29-11-10-27(21)14-18-8-6-5-7-9-18;/h5-9,12,17,21-22H,4,10-11,13-16H2,1-3H3,(H,24,25);1H. The maximum Gasteiger partial charge on any atom is 0.194 e. The van der Waals surface area contributed by atoms with Gasteiger partial charge in [-0.05, 0) is 18.4 Å². The van der Waals surface area contributed by atoms with Gasteiger partial charge in [0.15, 0.2) is 11.7 Å². The fourth-order valence-corrected chi connectivity index (χ4v) is 4.20. The summed E-state index contributed by atoms with van der Waals surface area (Å²) in [6, 6.07) is 13.1. The number of nitrogens with one attached hydrogen (secondary N) is 1. The van der Waals surface area contributed by atoms with Gasteiger partial charge in [0.05, 0.1) is 24.4 Å². The van der Waals surface area contributed by atoms with Gasteiger partial charge in [0.2, 0.25) is 0 Å². The van der Waals surface area contributed by atoms with E-state index in [1.54, 1.807) is 0 Å². The normalized spacial score (nSPS) is 21.8. The number of aliphatic imine (C=N–C) groups is 1. The molecule has 2 saturated heterocycles. The van der Waals surface area contributed by atoms with Crippen LogP contribution in [-0.4, -0.2) is 65.8 Å². The van der Waals surface area contributed by atoms with E-state index in [2.05, 4.69) is 71.4 Å². The molecule has 0 spiro atoms. The van der Waals surface area contributed by atoms with Crippen molar-refractivity contribution in [1.82, 2.24) is 20.3 Å². The first-order valence-electron chi connectivity index (χ1n) is 11.0. The number of guanidine groups is 1. The van der Waals surface area contributed by atoms with Crippen LogP contribution in [0.25, 0.3) is 0 Å². The van der Waals surface area contributed by atoms with Crippen molar-refractivity contribution in [2.45, 2.75) is 51.9 Å². The number of benzene rings is 1. The van der Waals surface area contributed by atoms with Crippen LogP contribution in [0.15, 0.2) is 45.9 Å². The highest BCUT2D eigenvalue weighted by atomic mass is 127. The predicted octanol–water partition coefficient (Wildman–Crippen LogP) is 3.47. The van der Waals surface area contributed by atoms with Crippen LogP contribution in [-0.2, 0) is 17.8 Å². The summed E-state index contributed by atoms with van der Waals surface area (Å²) in [7, 11) is 0. The van der Waals surface area contributed by atoms with Gasteiger partial charge in [0.25, 0.3) is 0 Å². The number of morpholine rings is 1. The van der Waals surface area contributed by atoms with Crippen LogP contribution in [0.2, 0.25) is 0 Å². The van der Waals surface area contributed by atoms with Crippen molar-refractivity contribution in [3.05, 3.63) is 53.4 Å². The Morgan fingerprint density at radius 3 is 2.77 bits per heavy atom. The van der Waals surface area contributed by atoms with E-state index in [9.17, 15) is 0 Å².